The van der Waals surface area contributed by atoms with Crippen LogP contribution in [0.15, 0.2) is 12.1 Å². The van der Waals surface area contributed by atoms with Crippen LogP contribution in [0.1, 0.15) is 31.8 Å². The average Bonchev–Trinajstić information content (AvgIpc) is 2.24. The average molecular weight is 286 g/mol. The molecule has 0 spiro atoms. The molecular weight excluding hydrogens is 282 g/mol. The van der Waals surface area contributed by atoms with Crippen LogP contribution in [0, 0.1) is 0 Å². The number of aldehydes is 1. The van der Waals surface area contributed by atoms with Gasteiger partial charge in [-0.2, -0.15) is 26.3 Å². The van der Waals surface area contributed by atoms with Gasteiger partial charge in [-0.1, -0.05) is 0 Å². The third-order valence-electron chi connectivity index (χ3n) is 2.16. The minimum absolute atomic E-state index is 0.0126. The fraction of sp³-hybridized carbons (Fsp3) is 0.200. The molecule has 104 valence electrons. The Morgan fingerprint density at radius 2 is 1.58 bits per heavy atom. The second-order valence-corrected chi connectivity index (χ2v) is 3.40. The van der Waals surface area contributed by atoms with Gasteiger partial charge in [-0.25, -0.2) is 4.79 Å². The van der Waals surface area contributed by atoms with Gasteiger partial charge >= 0.3 is 18.3 Å². The number of rotatable bonds is 2. The van der Waals surface area contributed by atoms with E-state index in [0.29, 0.717) is 0 Å². The highest BCUT2D eigenvalue weighted by Crippen LogP contribution is 2.38. The largest absolute Gasteiger partial charge is 0.478 e. The van der Waals surface area contributed by atoms with E-state index in [1.54, 1.807) is 0 Å². The molecule has 1 N–H and O–H groups in total. The minimum atomic E-state index is -5.28. The molecule has 1 rings (SSSR count). The molecule has 1 aromatic rings. The Kier molecular flexibility index (Phi) is 3.60. The second kappa shape index (κ2) is 4.56. The van der Waals surface area contributed by atoms with Crippen LogP contribution in [0.2, 0.25) is 0 Å². The number of alkyl halides is 6. The van der Waals surface area contributed by atoms with Gasteiger partial charge in [0.15, 0.2) is 6.29 Å². The third-order valence-corrected chi connectivity index (χ3v) is 2.16. The lowest BCUT2D eigenvalue weighted by Gasteiger charge is -2.15. The number of hydrogen-bond donors (Lipinski definition) is 1. The fourth-order valence-corrected chi connectivity index (χ4v) is 1.36. The third kappa shape index (κ3) is 3.04. The highest BCUT2D eigenvalue weighted by molar-refractivity contribution is 5.98. The number of benzene rings is 1. The Hall–Kier alpha value is -2.06. The summed E-state index contributed by atoms with van der Waals surface area (Å²) >= 11 is 0. The molecule has 9 heteroatoms. The number of carbonyl (C=O) groups is 2. The van der Waals surface area contributed by atoms with Crippen molar-refractivity contribution < 1.29 is 41.0 Å². The van der Waals surface area contributed by atoms with Gasteiger partial charge < -0.3 is 5.11 Å². The predicted octanol–water partition coefficient (Wildman–Crippen LogP) is 3.23. The summed E-state index contributed by atoms with van der Waals surface area (Å²) in [7, 11) is 0. The van der Waals surface area contributed by atoms with Crippen LogP contribution in [-0.2, 0) is 12.4 Å². The molecule has 0 unspecified atom stereocenters. The zero-order valence-corrected chi connectivity index (χ0v) is 8.76. The minimum Gasteiger partial charge on any atom is -0.478 e. The van der Waals surface area contributed by atoms with E-state index in [2.05, 4.69) is 0 Å². The number of carbonyl (C=O) groups excluding carboxylic acids is 1. The molecule has 0 aliphatic carbocycles. The molecule has 0 aliphatic heterocycles. The molecular formula is C10H4F6O3. The molecule has 0 bridgehead atoms. The molecule has 0 radical (unpaired) electrons. The van der Waals surface area contributed by atoms with Crippen molar-refractivity contribution in [1.29, 1.82) is 0 Å². The Morgan fingerprint density at radius 3 is 1.89 bits per heavy atom. The number of hydrogen-bond acceptors (Lipinski definition) is 2. The normalized spacial score (nSPS) is 12.3. The van der Waals surface area contributed by atoms with E-state index in [4.69, 9.17) is 5.11 Å². The Balaban J connectivity index is 3.75. The summed E-state index contributed by atoms with van der Waals surface area (Å²) < 4.78 is 74.7. The van der Waals surface area contributed by atoms with E-state index in [1.807, 2.05) is 0 Å². The van der Waals surface area contributed by atoms with Crippen molar-refractivity contribution in [2.24, 2.45) is 0 Å². The summed E-state index contributed by atoms with van der Waals surface area (Å²) in [5.41, 5.74) is -6.41. The molecule has 0 heterocycles. The molecule has 0 aliphatic rings. The van der Waals surface area contributed by atoms with E-state index >= 15 is 0 Å². The van der Waals surface area contributed by atoms with Crippen molar-refractivity contribution in [3.8, 4) is 0 Å². The summed E-state index contributed by atoms with van der Waals surface area (Å²) in [6.45, 7) is 0. The van der Waals surface area contributed by atoms with Gasteiger partial charge in [-0.3, -0.25) is 4.79 Å². The maximum Gasteiger partial charge on any atom is 0.417 e. The summed E-state index contributed by atoms with van der Waals surface area (Å²) in [5, 5.41) is 8.58. The molecule has 0 aromatic heterocycles. The van der Waals surface area contributed by atoms with Gasteiger partial charge in [0, 0.05) is 5.56 Å². The van der Waals surface area contributed by atoms with Crippen molar-refractivity contribution in [1.82, 2.24) is 0 Å². The SMILES string of the molecule is O=Cc1c(C(=O)O)cc(C(F)(F)F)cc1C(F)(F)F. The van der Waals surface area contributed by atoms with E-state index in [-0.39, 0.29) is 12.1 Å². The lowest BCUT2D eigenvalue weighted by atomic mass is 9.97. The molecule has 19 heavy (non-hydrogen) atoms. The number of aromatic carboxylic acids is 1. The van der Waals surface area contributed by atoms with E-state index in [1.165, 1.54) is 0 Å². The van der Waals surface area contributed by atoms with Gasteiger partial charge in [-0.15, -0.1) is 0 Å². The fourth-order valence-electron chi connectivity index (χ4n) is 1.36. The quantitative estimate of drug-likeness (QED) is 0.670. The maximum absolute atomic E-state index is 12.5. The summed E-state index contributed by atoms with van der Waals surface area (Å²) in [4.78, 5) is 21.2. The van der Waals surface area contributed by atoms with E-state index in [9.17, 15) is 35.9 Å². The first kappa shape index (κ1) is 15.0. The van der Waals surface area contributed by atoms with Gasteiger partial charge in [0.25, 0.3) is 0 Å². The Morgan fingerprint density at radius 1 is 1.05 bits per heavy atom. The van der Waals surface area contributed by atoms with Crippen LogP contribution in [-0.4, -0.2) is 17.4 Å². The lowest BCUT2D eigenvalue weighted by Crippen LogP contribution is -2.17. The molecule has 0 saturated heterocycles. The molecule has 0 fully saturated rings. The topological polar surface area (TPSA) is 54.4 Å². The molecule has 3 nitrogen and oxygen atoms in total. The molecule has 0 atom stereocenters. The predicted molar refractivity (Wildman–Crippen MR) is 48.8 cm³/mol. The van der Waals surface area contributed by atoms with Crippen LogP contribution in [0.25, 0.3) is 0 Å². The highest BCUT2D eigenvalue weighted by Gasteiger charge is 2.40. The Bertz CT molecular complexity index is 529. The highest BCUT2D eigenvalue weighted by atomic mass is 19.4. The van der Waals surface area contributed by atoms with Crippen LogP contribution >= 0.6 is 0 Å². The van der Waals surface area contributed by atoms with Crippen molar-refractivity contribution in [3.63, 3.8) is 0 Å². The summed E-state index contributed by atoms with van der Waals surface area (Å²) in [5.74, 6) is -2.06. The molecule has 0 amide bonds. The molecule has 0 saturated carbocycles. The van der Waals surface area contributed by atoms with Crippen molar-refractivity contribution >= 4 is 12.3 Å². The number of carboxylic acids is 1. The summed E-state index contributed by atoms with van der Waals surface area (Å²) in [6, 6.07) is -0.308. The van der Waals surface area contributed by atoms with Crippen LogP contribution in [0.5, 0.6) is 0 Å². The number of carboxylic acid groups (broad SMARTS) is 1. The first-order valence-electron chi connectivity index (χ1n) is 4.49. The zero-order chi connectivity index (χ0) is 15.0. The lowest BCUT2D eigenvalue weighted by molar-refractivity contribution is -0.143. The summed E-state index contributed by atoms with van der Waals surface area (Å²) in [6.07, 6.45) is -10.9. The standard InChI is InChI=1S/C10H4F6O3/c11-9(12,13)4-1-5(8(18)19)6(3-17)7(2-4)10(14,15)16/h1-3H,(H,18,19). The van der Waals surface area contributed by atoms with Gasteiger partial charge in [-0.05, 0) is 12.1 Å². The van der Waals surface area contributed by atoms with Gasteiger partial charge in [0.1, 0.15) is 0 Å². The van der Waals surface area contributed by atoms with Crippen molar-refractivity contribution in [2.75, 3.05) is 0 Å². The van der Waals surface area contributed by atoms with Gasteiger partial charge in [0.2, 0.25) is 0 Å². The first-order chi connectivity index (χ1) is 8.48. The van der Waals surface area contributed by atoms with Crippen LogP contribution in [0.3, 0.4) is 0 Å². The smallest absolute Gasteiger partial charge is 0.417 e. The monoisotopic (exact) mass is 286 g/mol. The number of halogens is 6. The van der Waals surface area contributed by atoms with E-state index < -0.39 is 46.9 Å². The zero-order valence-electron chi connectivity index (χ0n) is 8.76. The van der Waals surface area contributed by atoms with E-state index in [0.717, 1.165) is 0 Å². The molecule has 1 aromatic carbocycles. The maximum atomic E-state index is 12.5. The van der Waals surface area contributed by atoms with Crippen molar-refractivity contribution in [3.05, 3.63) is 34.4 Å². The Labute approximate surface area is 101 Å². The van der Waals surface area contributed by atoms with Gasteiger partial charge in [0.05, 0.1) is 16.7 Å². The van der Waals surface area contributed by atoms with Crippen molar-refractivity contribution in [2.45, 2.75) is 12.4 Å². The first-order valence-corrected chi connectivity index (χ1v) is 4.49. The van der Waals surface area contributed by atoms with Crippen LogP contribution < -0.4 is 0 Å². The second-order valence-electron chi connectivity index (χ2n) is 3.40. The van der Waals surface area contributed by atoms with Crippen LogP contribution in [0.4, 0.5) is 26.3 Å².